The van der Waals surface area contributed by atoms with Gasteiger partial charge in [-0.15, -0.1) is 0 Å². The summed E-state index contributed by atoms with van der Waals surface area (Å²) < 4.78 is 0. The molecule has 1 aliphatic carbocycles. The number of hydrogen-bond donors (Lipinski definition) is 1. The van der Waals surface area contributed by atoms with Crippen molar-refractivity contribution in [3.8, 4) is 0 Å². The number of aliphatic hydroxyl groups is 1. The molecule has 1 aromatic rings. The molecular formula is C15H22N2O3. The van der Waals surface area contributed by atoms with E-state index in [1.165, 1.54) is 25.3 Å². The van der Waals surface area contributed by atoms with Crippen LogP contribution in [0.1, 0.15) is 37.7 Å². The summed E-state index contributed by atoms with van der Waals surface area (Å²) in [4.78, 5) is 12.8. The Balaban J connectivity index is 2.31. The predicted molar refractivity (Wildman–Crippen MR) is 79.1 cm³/mol. The lowest BCUT2D eigenvalue weighted by Crippen LogP contribution is -2.39. The molecule has 1 aromatic carbocycles. The molecule has 1 N–H and O–H groups in total. The van der Waals surface area contributed by atoms with E-state index in [0.717, 1.165) is 24.1 Å². The first-order chi connectivity index (χ1) is 9.63. The number of benzene rings is 1. The van der Waals surface area contributed by atoms with Gasteiger partial charge >= 0.3 is 0 Å². The zero-order valence-corrected chi connectivity index (χ0v) is 11.9. The Bertz CT molecular complexity index is 470. The van der Waals surface area contributed by atoms with E-state index in [1.807, 2.05) is 6.92 Å². The van der Waals surface area contributed by atoms with Crippen molar-refractivity contribution in [3.05, 3.63) is 33.9 Å². The van der Waals surface area contributed by atoms with Crippen LogP contribution in [-0.4, -0.2) is 29.2 Å². The SMILES string of the molecule is Cc1ccc([N+](=O)[O-])cc1N(CCO)C1CCCCC1. The lowest BCUT2D eigenvalue weighted by molar-refractivity contribution is -0.384. The summed E-state index contributed by atoms with van der Waals surface area (Å²) in [5, 5.41) is 20.3. The maximum Gasteiger partial charge on any atom is 0.271 e. The Morgan fingerprint density at radius 3 is 2.65 bits per heavy atom. The molecule has 0 spiro atoms. The van der Waals surface area contributed by atoms with E-state index >= 15 is 0 Å². The van der Waals surface area contributed by atoms with Crippen molar-refractivity contribution in [3.63, 3.8) is 0 Å². The summed E-state index contributed by atoms with van der Waals surface area (Å²) in [6, 6.07) is 5.36. The first-order valence-electron chi connectivity index (χ1n) is 7.26. The number of hydrogen-bond acceptors (Lipinski definition) is 4. The van der Waals surface area contributed by atoms with Crippen molar-refractivity contribution < 1.29 is 10.0 Å². The van der Waals surface area contributed by atoms with E-state index in [2.05, 4.69) is 4.90 Å². The van der Waals surface area contributed by atoms with Gasteiger partial charge in [-0.1, -0.05) is 25.3 Å². The summed E-state index contributed by atoms with van der Waals surface area (Å²) in [5.74, 6) is 0. The van der Waals surface area contributed by atoms with Gasteiger partial charge in [0.05, 0.1) is 11.5 Å². The number of nitro groups is 1. The molecule has 0 atom stereocenters. The second-order valence-electron chi connectivity index (χ2n) is 5.44. The van der Waals surface area contributed by atoms with Crippen LogP contribution in [0.15, 0.2) is 18.2 Å². The van der Waals surface area contributed by atoms with Gasteiger partial charge in [0.2, 0.25) is 0 Å². The minimum atomic E-state index is -0.360. The standard InChI is InChI=1S/C15H22N2O3/c1-12-7-8-14(17(19)20)11-15(12)16(9-10-18)13-5-3-2-4-6-13/h7-8,11,13,18H,2-6,9-10H2,1H3. The monoisotopic (exact) mass is 278 g/mol. The van der Waals surface area contributed by atoms with Gasteiger partial charge in [0, 0.05) is 30.4 Å². The molecule has 1 aliphatic rings. The number of non-ortho nitro benzene ring substituents is 1. The van der Waals surface area contributed by atoms with Crippen LogP contribution >= 0.6 is 0 Å². The molecule has 0 saturated heterocycles. The van der Waals surface area contributed by atoms with Gasteiger partial charge < -0.3 is 10.0 Å². The lowest BCUT2D eigenvalue weighted by atomic mass is 9.93. The molecule has 1 fully saturated rings. The lowest BCUT2D eigenvalue weighted by Gasteiger charge is -2.36. The van der Waals surface area contributed by atoms with Crippen molar-refractivity contribution in [1.29, 1.82) is 0 Å². The average Bonchev–Trinajstić information content (AvgIpc) is 2.46. The van der Waals surface area contributed by atoms with Crippen molar-refractivity contribution in [2.24, 2.45) is 0 Å². The Morgan fingerprint density at radius 2 is 2.05 bits per heavy atom. The molecule has 20 heavy (non-hydrogen) atoms. The van der Waals surface area contributed by atoms with Crippen LogP contribution in [0.2, 0.25) is 0 Å². The number of nitro benzene ring substituents is 1. The smallest absolute Gasteiger partial charge is 0.271 e. The fourth-order valence-corrected chi connectivity index (χ4v) is 3.02. The highest BCUT2D eigenvalue weighted by Crippen LogP contribution is 2.31. The summed E-state index contributed by atoms with van der Waals surface area (Å²) in [5.41, 5.74) is 2.03. The molecule has 0 bridgehead atoms. The van der Waals surface area contributed by atoms with Crippen molar-refractivity contribution in [2.45, 2.75) is 45.1 Å². The van der Waals surface area contributed by atoms with Crippen LogP contribution in [0.4, 0.5) is 11.4 Å². The fraction of sp³-hybridized carbons (Fsp3) is 0.600. The van der Waals surface area contributed by atoms with Crippen LogP contribution < -0.4 is 4.90 Å². The van der Waals surface area contributed by atoms with E-state index in [4.69, 9.17) is 0 Å². The second kappa shape index (κ2) is 6.70. The Morgan fingerprint density at radius 1 is 1.35 bits per heavy atom. The van der Waals surface area contributed by atoms with Crippen LogP contribution in [-0.2, 0) is 0 Å². The molecule has 0 aromatic heterocycles. The molecule has 0 radical (unpaired) electrons. The third kappa shape index (κ3) is 3.28. The molecular weight excluding hydrogens is 256 g/mol. The van der Waals surface area contributed by atoms with Gasteiger partial charge in [-0.05, 0) is 25.3 Å². The Kier molecular flexibility index (Phi) is 4.95. The number of rotatable bonds is 5. The topological polar surface area (TPSA) is 66.6 Å². The zero-order valence-electron chi connectivity index (χ0n) is 11.9. The first kappa shape index (κ1) is 14.8. The van der Waals surface area contributed by atoms with Crippen molar-refractivity contribution in [2.75, 3.05) is 18.1 Å². The third-order valence-corrected chi connectivity index (χ3v) is 4.07. The second-order valence-corrected chi connectivity index (χ2v) is 5.44. The third-order valence-electron chi connectivity index (χ3n) is 4.07. The van der Waals surface area contributed by atoms with Crippen LogP contribution in [0.5, 0.6) is 0 Å². The largest absolute Gasteiger partial charge is 0.395 e. The number of anilines is 1. The minimum Gasteiger partial charge on any atom is -0.395 e. The molecule has 0 amide bonds. The number of aryl methyl sites for hydroxylation is 1. The maximum atomic E-state index is 11.0. The van der Waals surface area contributed by atoms with Crippen LogP contribution in [0.3, 0.4) is 0 Å². The van der Waals surface area contributed by atoms with Gasteiger partial charge in [0.1, 0.15) is 0 Å². The molecule has 5 nitrogen and oxygen atoms in total. The van der Waals surface area contributed by atoms with Gasteiger partial charge in [0.25, 0.3) is 5.69 Å². The summed E-state index contributed by atoms with van der Waals surface area (Å²) in [6.07, 6.45) is 5.85. The minimum absolute atomic E-state index is 0.0681. The fourth-order valence-electron chi connectivity index (χ4n) is 3.02. The van der Waals surface area contributed by atoms with Gasteiger partial charge in [-0.25, -0.2) is 0 Å². The highest BCUT2D eigenvalue weighted by atomic mass is 16.6. The molecule has 2 rings (SSSR count). The van der Waals surface area contributed by atoms with Crippen LogP contribution in [0, 0.1) is 17.0 Å². The van der Waals surface area contributed by atoms with Gasteiger partial charge in [0.15, 0.2) is 0 Å². The molecule has 0 unspecified atom stereocenters. The predicted octanol–water partition coefficient (Wildman–Crippen LogP) is 3.03. The highest BCUT2D eigenvalue weighted by Gasteiger charge is 2.23. The van der Waals surface area contributed by atoms with Gasteiger partial charge in [-0.3, -0.25) is 10.1 Å². The summed E-state index contributed by atoms with van der Waals surface area (Å²) >= 11 is 0. The molecule has 5 heteroatoms. The Labute approximate surface area is 119 Å². The van der Waals surface area contributed by atoms with Crippen LogP contribution in [0.25, 0.3) is 0 Å². The van der Waals surface area contributed by atoms with E-state index in [-0.39, 0.29) is 17.2 Å². The molecule has 110 valence electrons. The normalized spacial score (nSPS) is 16.1. The quantitative estimate of drug-likeness (QED) is 0.664. The number of nitrogens with zero attached hydrogens (tertiary/aromatic N) is 2. The number of aliphatic hydroxyl groups excluding tert-OH is 1. The highest BCUT2D eigenvalue weighted by molar-refractivity contribution is 5.59. The summed E-state index contributed by atoms with van der Waals surface area (Å²) in [7, 11) is 0. The Hall–Kier alpha value is -1.62. The van der Waals surface area contributed by atoms with E-state index in [1.54, 1.807) is 12.1 Å². The maximum absolute atomic E-state index is 11.0. The molecule has 1 saturated carbocycles. The first-order valence-corrected chi connectivity index (χ1v) is 7.26. The van der Waals surface area contributed by atoms with E-state index < -0.39 is 0 Å². The van der Waals surface area contributed by atoms with Gasteiger partial charge in [-0.2, -0.15) is 0 Å². The summed E-state index contributed by atoms with van der Waals surface area (Å²) in [6.45, 7) is 2.57. The van der Waals surface area contributed by atoms with E-state index in [0.29, 0.717) is 12.6 Å². The van der Waals surface area contributed by atoms with E-state index in [9.17, 15) is 15.2 Å². The van der Waals surface area contributed by atoms with Crippen molar-refractivity contribution >= 4 is 11.4 Å². The zero-order chi connectivity index (χ0) is 14.5. The molecule has 0 aliphatic heterocycles. The molecule has 0 heterocycles. The average molecular weight is 278 g/mol. The van der Waals surface area contributed by atoms with Crippen molar-refractivity contribution in [1.82, 2.24) is 0 Å².